The van der Waals surface area contributed by atoms with Crippen molar-refractivity contribution in [3.05, 3.63) is 23.4 Å². The van der Waals surface area contributed by atoms with Crippen LogP contribution in [-0.2, 0) is 0 Å². The van der Waals surface area contributed by atoms with Crippen LogP contribution in [-0.4, -0.2) is 16.6 Å². The summed E-state index contributed by atoms with van der Waals surface area (Å²) in [5.74, 6) is 0.345. The predicted octanol–water partition coefficient (Wildman–Crippen LogP) is 2.26. The summed E-state index contributed by atoms with van der Waals surface area (Å²) in [6, 6.07) is 5.27. The smallest absolute Gasteiger partial charge is 0.252 e. The number of ether oxygens (including phenoxy) is 1. The lowest BCUT2D eigenvalue weighted by Crippen LogP contribution is -1.98. The normalized spacial score (nSPS) is 10.5. The van der Waals surface area contributed by atoms with E-state index in [-0.39, 0.29) is 5.15 Å². The van der Waals surface area contributed by atoms with Gasteiger partial charge < -0.3 is 10.5 Å². The first-order valence-corrected chi connectivity index (χ1v) is 4.94. The zero-order chi connectivity index (χ0) is 10.8. The molecule has 2 rings (SSSR count). The van der Waals surface area contributed by atoms with Gasteiger partial charge in [0.15, 0.2) is 5.15 Å². The number of fused-ring (bicyclic) bond motifs is 1. The molecule has 0 aliphatic heterocycles. The fourth-order valence-corrected chi connectivity index (χ4v) is 1.45. The quantitative estimate of drug-likeness (QED) is 0.794. The molecule has 4 nitrogen and oxygen atoms in total. The van der Waals surface area contributed by atoms with Crippen molar-refractivity contribution in [1.29, 1.82) is 0 Å². The lowest BCUT2D eigenvalue weighted by atomic mass is 10.3. The third kappa shape index (κ3) is 1.94. The topological polar surface area (TPSA) is 61.0 Å². The SMILES string of the molecule is CCOc1nc2cc(N)ccc2nc1Cl. The Hall–Kier alpha value is -1.55. The Labute approximate surface area is 92.0 Å². The van der Waals surface area contributed by atoms with E-state index in [1.165, 1.54) is 0 Å². The van der Waals surface area contributed by atoms with Crippen LogP contribution >= 0.6 is 11.6 Å². The van der Waals surface area contributed by atoms with Gasteiger partial charge in [0.25, 0.3) is 5.88 Å². The molecular weight excluding hydrogens is 214 g/mol. The number of rotatable bonds is 2. The summed E-state index contributed by atoms with van der Waals surface area (Å²) < 4.78 is 5.24. The van der Waals surface area contributed by atoms with E-state index in [1.807, 2.05) is 6.92 Å². The molecule has 1 aromatic carbocycles. The first kappa shape index (κ1) is 9.98. The fourth-order valence-electron chi connectivity index (χ4n) is 1.26. The van der Waals surface area contributed by atoms with Gasteiger partial charge in [0, 0.05) is 5.69 Å². The predicted molar refractivity (Wildman–Crippen MR) is 60.1 cm³/mol. The molecule has 0 saturated heterocycles. The molecule has 0 aliphatic rings. The number of halogens is 1. The molecule has 2 aromatic rings. The molecule has 0 atom stereocenters. The van der Waals surface area contributed by atoms with Gasteiger partial charge in [0.2, 0.25) is 0 Å². The maximum absolute atomic E-state index is 5.89. The first-order valence-electron chi connectivity index (χ1n) is 4.56. The zero-order valence-electron chi connectivity index (χ0n) is 8.20. The number of nitrogen functional groups attached to an aromatic ring is 1. The van der Waals surface area contributed by atoms with Crippen LogP contribution in [0.2, 0.25) is 5.15 Å². The second-order valence-electron chi connectivity index (χ2n) is 3.00. The van der Waals surface area contributed by atoms with Crippen molar-refractivity contribution in [1.82, 2.24) is 9.97 Å². The number of nitrogens with two attached hydrogens (primary N) is 1. The van der Waals surface area contributed by atoms with Crippen LogP contribution in [0.5, 0.6) is 5.88 Å². The minimum atomic E-state index is 0.272. The Morgan fingerprint density at radius 3 is 2.87 bits per heavy atom. The van der Waals surface area contributed by atoms with Gasteiger partial charge in [0.05, 0.1) is 17.6 Å². The van der Waals surface area contributed by atoms with Crippen molar-refractivity contribution >= 4 is 28.3 Å². The van der Waals surface area contributed by atoms with E-state index < -0.39 is 0 Å². The Balaban J connectivity index is 2.61. The second kappa shape index (κ2) is 3.90. The third-order valence-corrected chi connectivity index (χ3v) is 2.14. The Morgan fingerprint density at radius 2 is 2.13 bits per heavy atom. The van der Waals surface area contributed by atoms with Crippen molar-refractivity contribution in [2.75, 3.05) is 12.3 Å². The van der Waals surface area contributed by atoms with Crippen molar-refractivity contribution in [2.45, 2.75) is 6.92 Å². The average molecular weight is 224 g/mol. The Kier molecular flexibility index (Phi) is 2.60. The summed E-state index contributed by atoms with van der Waals surface area (Å²) in [6.45, 7) is 2.36. The average Bonchev–Trinajstić information content (AvgIpc) is 2.20. The van der Waals surface area contributed by atoms with Gasteiger partial charge in [-0.1, -0.05) is 11.6 Å². The molecule has 1 heterocycles. The van der Waals surface area contributed by atoms with Crippen LogP contribution in [0.1, 0.15) is 6.92 Å². The zero-order valence-corrected chi connectivity index (χ0v) is 8.95. The van der Waals surface area contributed by atoms with E-state index in [0.717, 1.165) is 0 Å². The summed E-state index contributed by atoms with van der Waals surface area (Å²) >= 11 is 5.89. The molecule has 0 amide bonds. The molecule has 2 N–H and O–H groups in total. The lowest BCUT2D eigenvalue weighted by Gasteiger charge is -2.05. The molecule has 0 fully saturated rings. The summed E-state index contributed by atoms with van der Waals surface area (Å²) in [5, 5.41) is 0.272. The molecule has 0 radical (unpaired) electrons. The molecular formula is C10H10ClN3O. The summed E-state index contributed by atoms with van der Waals surface area (Å²) in [6.07, 6.45) is 0. The van der Waals surface area contributed by atoms with Crippen LogP contribution < -0.4 is 10.5 Å². The standard InChI is InChI=1S/C10H10ClN3O/c1-2-15-10-9(11)13-7-4-3-6(12)5-8(7)14-10/h3-5H,2,12H2,1H3. The van der Waals surface area contributed by atoms with E-state index in [9.17, 15) is 0 Å². The number of nitrogens with zero attached hydrogens (tertiary/aromatic N) is 2. The van der Waals surface area contributed by atoms with E-state index in [4.69, 9.17) is 22.1 Å². The first-order chi connectivity index (χ1) is 7.20. The second-order valence-corrected chi connectivity index (χ2v) is 3.36. The highest BCUT2D eigenvalue weighted by molar-refractivity contribution is 6.31. The summed E-state index contributed by atoms with van der Waals surface area (Å²) in [5.41, 5.74) is 7.67. The fraction of sp³-hybridized carbons (Fsp3) is 0.200. The van der Waals surface area contributed by atoms with E-state index in [1.54, 1.807) is 18.2 Å². The Bertz CT molecular complexity index is 501. The van der Waals surface area contributed by atoms with Crippen molar-refractivity contribution in [3.8, 4) is 5.88 Å². The molecule has 0 bridgehead atoms. The largest absolute Gasteiger partial charge is 0.476 e. The molecule has 15 heavy (non-hydrogen) atoms. The lowest BCUT2D eigenvalue weighted by molar-refractivity contribution is 0.327. The van der Waals surface area contributed by atoms with Crippen LogP contribution in [0.3, 0.4) is 0 Å². The highest BCUT2D eigenvalue weighted by Gasteiger charge is 2.07. The molecule has 0 spiro atoms. The van der Waals surface area contributed by atoms with Gasteiger partial charge >= 0.3 is 0 Å². The van der Waals surface area contributed by atoms with Crippen LogP contribution in [0, 0.1) is 0 Å². The van der Waals surface area contributed by atoms with Crippen molar-refractivity contribution in [3.63, 3.8) is 0 Å². The van der Waals surface area contributed by atoms with Gasteiger partial charge in [-0.2, -0.15) is 0 Å². The number of hydrogen-bond donors (Lipinski definition) is 1. The van der Waals surface area contributed by atoms with Crippen LogP contribution in [0.4, 0.5) is 5.69 Å². The van der Waals surface area contributed by atoms with Gasteiger partial charge in [-0.05, 0) is 25.1 Å². The van der Waals surface area contributed by atoms with E-state index in [0.29, 0.717) is 29.2 Å². The summed E-state index contributed by atoms with van der Waals surface area (Å²) in [4.78, 5) is 8.39. The molecule has 0 saturated carbocycles. The third-order valence-electron chi connectivity index (χ3n) is 1.90. The summed E-state index contributed by atoms with van der Waals surface area (Å²) in [7, 11) is 0. The molecule has 0 unspecified atom stereocenters. The van der Waals surface area contributed by atoms with Crippen LogP contribution in [0.25, 0.3) is 11.0 Å². The van der Waals surface area contributed by atoms with E-state index in [2.05, 4.69) is 9.97 Å². The number of aromatic nitrogens is 2. The highest BCUT2D eigenvalue weighted by Crippen LogP contribution is 2.24. The highest BCUT2D eigenvalue weighted by atomic mass is 35.5. The van der Waals surface area contributed by atoms with Crippen molar-refractivity contribution < 1.29 is 4.74 Å². The molecule has 1 aromatic heterocycles. The maximum Gasteiger partial charge on any atom is 0.252 e. The number of anilines is 1. The van der Waals surface area contributed by atoms with Gasteiger partial charge in [-0.25, -0.2) is 9.97 Å². The van der Waals surface area contributed by atoms with E-state index >= 15 is 0 Å². The monoisotopic (exact) mass is 223 g/mol. The molecule has 5 heteroatoms. The molecule has 78 valence electrons. The number of benzene rings is 1. The number of hydrogen-bond acceptors (Lipinski definition) is 4. The Morgan fingerprint density at radius 1 is 1.33 bits per heavy atom. The van der Waals surface area contributed by atoms with Crippen LogP contribution in [0.15, 0.2) is 18.2 Å². The maximum atomic E-state index is 5.89. The van der Waals surface area contributed by atoms with Gasteiger partial charge in [-0.3, -0.25) is 0 Å². The van der Waals surface area contributed by atoms with Crippen molar-refractivity contribution in [2.24, 2.45) is 0 Å². The van der Waals surface area contributed by atoms with Gasteiger partial charge in [-0.15, -0.1) is 0 Å². The van der Waals surface area contributed by atoms with Gasteiger partial charge in [0.1, 0.15) is 0 Å². The molecule has 0 aliphatic carbocycles. The minimum absolute atomic E-state index is 0.272. The minimum Gasteiger partial charge on any atom is -0.476 e.